The fraction of sp³-hybridized carbons (Fsp3) is 0.304. The molecule has 3 N–H and O–H groups in total. The van der Waals surface area contributed by atoms with E-state index in [4.69, 9.17) is 11.6 Å². The van der Waals surface area contributed by atoms with Gasteiger partial charge in [-0.2, -0.15) is 0 Å². The second kappa shape index (κ2) is 10.0. The molecule has 33 heavy (non-hydrogen) atoms. The van der Waals surface area contributed by atoms with Crippen molar-refractivity contribution in [1.82, 2.24) is 19.9 Å². The SMILES string of the molecule is Cc1cc(NC(=O)NCCN2CCC(NS(=O)(=O)c3ccc(Cl)cc3)C2)c2ccccc2n1. The zero-order valence-corrected chi connectivity index (χ0v) is 19.8. The predicted octanol–water partition coefficient (Wildman–Crippen LogP) is 3.37. The maximum atomic E-state index is 12.6. The van der Waals surface area contributed by atoms with Crippen LogP contribution in [0.3, 0.4) is 0 Å². The molecule has 1 unspecified atom stereocenters. The minimum Gasteiger partial charge on any atom is -0.337 e. The van der Waals surface area contributed by atoms with E-state index in [9.17, 15) is 13.2 Å². The summed E-state index contributed by atoms with van der Waals surface area (Å²) in [5.74, 6) is 0. The highest BCUT2D eigenvalue weighted by atomic mass is 35.5. The molecule has 0 radical (unpaired) electrons. The number of fused-ring (bicyclic) bond motifs is 1. The number of urea groups is 1. The van der Waals surface area contributed by atoms with Crippen molar-refractivity contribution in [2.75, 3.05) is 31.5 Å². The van der Waals surface area contributed by atoms with Gasteiger partial charge in [-0.25, -0.2) is 17.9 Å². The molecule has 1 aromatic heterocycles. The van der Waals surface area contributed by atoms with E-state index in [0.29, 0.717) is 36.8 Å². The first-order valence-electron chi connectivity index (χ1n) is 10.7. The molecule has 1 fully saturated rings. The summed E-state index contributed by atoms with van der Waals surface area (Å²) < 4.78 is 27.9. The summed E-state index contributed by atoms with van der Waals surface area (Å²) >= 11 is 5.84. The summed E-state index contributed by atoms with van der Waals surface area (Å²) in [4.78, 5) is 19.2. The minimum absolute atomic E-state index is 0.175. The maximum Gasteiger partial charge on any atom is 0.319 e. The Bertz CT molecular complexity index is 1250. The Morgan fingerprint density at radius 2 is 1.94 bits per heavy atom. The first-order valence-corrected chi connectivity index (χ1v) is 12.6. The van der Waals surface area contributed by atoms with Crippen molar-refractivity contribution < 1.29 is 13.2 Å². The molecule has 2 amide bonds. The van der Waals surface area contributed by atoms with Crippen molar-refractivity contribution in [3.8, 4) is 0 Å². The Labute approximate surface area is 198 Å². The third kappa shape index (κ3) is 6.00. The lowest BCUT2D eigenvalue weighted by molar-refractivity contribution is 0.249. The molecule has 10 heteroatoms. The number of aryl methyl sites for hydroxylation is 1. The van der Waals surface area contributed by atoms with Crippen LogP contribution >= 0.6 is 11.6 Å². The summed E-state index contributed by atoms with van der Waals surface area (Å²) in [5, 5.41) is 7.15. The number of pyridine rings is 1. The number of aromatic nitrogens is 1. The summed E-state index contributed by atoms with van der Waals surface area (Å²) in [6.45, 7) is 4.31. The number of hydrogen-bond donors (Lipinski definition) is 3. The van der Waals surface area contributed by atoms with Crippen molar-refractivity contribution in [3.05, 3.63) is 65.3 Å². The number of nitrogens with one attached hydrogen (secondary N) is 3. The molecular weight excluding hydrogens is 462 g/mol. The van der Waals surface area contributed by atoms with Gasteiger partial charge in [-0.05, 0) is 56.3 Å². The van der Waals surface area contributed by atoms with E-state index in [1.807, 2.05) is 37.3 Å². The van der Waals surface area contributed by atoms with Crippen LogP contribution in [-0.4, -0.2) is 56.6 Å². The van der Waals surface area contributed by atoms with Gasteiger partial charge in [0.1, 0.15) is 0 Å². The third-order valence-corrected chi connectivity index (χ3v) is 7.31. The van der Waals surface area contributed by atoms with Gasteiger partial charge in [0.25, 0.3) is 0 Å². The van der Waals surface area contributed by atoms with Crippen LogP contribution in [-0.2, 0) is 10.0 Å². The molecular formula is C23H26ClN5O3S. The number of carbonyl (C=O) groups is 1. The molecule has 1 aliphatic rings. The molecule has 0 bridgehead atoms. The highest BCUT2D eigenvalue weighted by Crippen LogP contribution is 2.22. The largest absolute Gasteiger partial charge is 0.337 e. The molecule has 4 rings (SSSR count). The van der Waals surface area contributed by atoms with Gasteiger partial charge in [0.05, 0.1) is 16.1 Å². The second-order valence-corrected chi connectivity index (χ2v) is 10.2. The summed E-state index contributed by atoms with van der Waals surface area (Å²) in [6, 6.07) is 15.2. The molecule has 3 aromatic rings. The van der Waals surface area contributed by atoms with Gasteiger partial charge in [0, 0.05) is 41.8 Å². The summed E-state index contributed by atoms with van der Waals surface area (Å²) in [7, 11) is -3.59. The zero-order chi connectivity index (χ0) is 23.4. The van der Waals surface area contributed by atoms with Gasteiger partial charge in [-0.3, -0.25) is 9.88 Å². The van der Waals surface area contributed by atoms with Crippen molar-refractivity contribution in [2.45, 2.75) is 24.3 Å². The van der Waals surface area contributed by atoms with Gasteiger partial charge in [-0.15, -0.1) is 0 Å². The maximum absolute atomic E-state index is 12.6. The number of anilines is 1. The van der Waals surface area contributed by atoms with Gasteiger partial charge < -0.3 is 10.6 Å². The molecule has 174 valence electrons. The minimum atomic E-state index is -3.59. The first-order chi connectivity index (χ1) is 15.8. The third-order valence-electron chi connectivity index (χ3n) is 5.52. The van der Waals surface area contributed by atoms with Crippen molar-refractivity contribution >= 4 is 44.2 Å². The lowest BCUT2D eigenvalue weighted by Gasteiger charge is -2.17. The Morgan fingerprint density at radius 1 is 1.18 bits per heavy atom. The van der Waals surface area contributed by atoms with Crippen molar-refractivity contribution in [1.29, 1.82) is 0 Å². The second-order valence-electron chi connectivity index (χ2n) is 8.07. The number of nitrogens with zero attached hydrogens (tertiary/aromatic N) is 2. The smallest absolute Gasteiger partial charge is 0.319 e. The average Bonchev–Trinajstić information content (AvgIpc) is 3.20. The molecule has 2 heterocycles. The van der Waals surface area contributed by atoms with Crippen LogP contribution < -0.4 is 15.4 Å². The van der Waals surface area contributed by atoms with E-state index in [1.165, 1.54) is 12.1 Å². The van der Waals surface area contributed by atoms with Crippen LogP contribution in [0.2, 0.25) is 5.02 Å². The number of likely N-dealkylation sites (tertiary alicyclic amines) is 1. The van der Waals surface area contributed by atoms with Crippen LogP contribution in [0, 0.1) is 6.92 Å². The van der Waals surface area contributed by atoms with Crippen molar-refractivity contribution in [2.24, 2.45) is 0 Å². The van der Waals surface area contributed by atoms with E-state index in [0.717, 1.165) is 23.1 Å². The molecule has 1 aliphatic heterocycles. The number of sulfonamides is 1. The van der Waals surface area contributed by atoms with Gasteiger partial charge in [0.15, 0.2) is 0 Å². The van der Waals surface area contributed by atoms with Crippen molar-refractivity contribution in [3.63, 3.8) is 0 Å². The van der Waals surface area contributed by atoms with Crippen LogP contribution in [0.4, 0.5) is 10.5 Å². The molecule has 8 nitrogen and oxygen atoms in total. The number of halogens is 1. The normalized spacial score (nSPS) is 16.7. The van der Waals surface area contributed by atoms with E-state index < -0.39 is 10.0 Å². The van der Waals surface area contributed by atoms with Gasteiger partial charge in [0.2, 0.25) is 10.0 Å². The molecule has 0 spiro atoms. The number of carbonyl (C=O) groups excluding carboxylic acids is 1. The molecule has 1 atom stereocenters. The Morgan fingerprint density at radius 3 is 2.73 bits per heavy atom. The molecule has 0 aliphatic carbocycles. The molecule has 0 saturated carbocycles. The van der Waals surface area contributed by atoms with Crippen LogP contribution in [0.15, 0.2) is 59.5 Å². The quantitative estimate of drug-likeness (QED) is 0.474. The predicted molar refractivity (Wildman–Crippen MR) is 130 cm³/mol. The van der Waals surface area contributed by atoms with Crippen LogP contribution in [0.1, 0.15) is 12.1 Å². The first kappa shape index (κ1) is 23.4. The summed E-state index contributed by atoms with van der Waals surface area (Å²) in [5.41, 5.74) is 2.37. The van der Waals surface area contributed by atoms with E-state index in [1.54, 1.807) is 12.1 Å². The number of amides is 2. The number of para-hydroxylation sites is 1. The number of rotatable bonds is 7. The van der Waals surface area contributed by atoms with E-state index in [-0.39, 0.29) is 17.0 Å². The Hall–Kier alpha value is -2.72. The molecule has 1 saturated heterocycles. The lowest BCUT2D eigenvalue weighted by atomic mass is 10.1. The Kier molecular flexibility index (Phi) is 7.14. The zero-order valence-electron chi connectivity index (χ0n) is 18.2. The standard InChI is InChI=1S/C23H26ClN5O3S/c1-16-14-22(20-4-2-3-5-21(20)26-16)27-23(30)25-11-13-29-12-10-18(15-29)28-33(31,32)19-8-6-17(24)7-9-19/h2-9,14,18,28H,10-13,15H2,1H3,(H2,25,26,27,30). The number of benzene rings is 2. The average molecular weight is 488 g/mol. The highest BCUT2D eigenvalue weighted by Gasteiger charge is 2.27. The molecule has 2 aromatic carbocycles. The lowest BCUT2D eigenvalue weighted by Crippen LogP contribution is -2.39. The summed E-state index contributed by atoms with van der Waals surface area (Å²) in [6.07, 6.45) is 0.710. The topological polar surface area (TPSA) is 103 Å². The van der Waals surface area contributed by atoms with Gasteiger partial charge in [-0.1, -0.05) is 29.8 Å². The van der Waals surface area contributed by atoms with Crippen LogP contribution in [0.25, 0.3) is 10.9 Å². The van der Waals surface area contributed by atoms with E-state index in [2.05, 4.69) is 25.2 Å². The van der Waals surface area contributed by atoms with Gasteiger partial charge >= 0.3 is 6.03 Å². The Balaban J connectivity index is 1.25. The number of hydrogen-bond acceptors (Lipinski definition) is 5. The van der Waals surface area contributed by atoms with E-state index >= 15 is 0 Å². The monoisotopic (exact) mass is 487 g/mol. The van der Waals surface area contributed by atoms with Crippen LogP contribution in [0.5, 0.6) is 0 Å². The fourth-order valence-corrected chi connectivity index (χ4v) is 5.33. The highest BCUT2D eigenvalue weighted by molar-refractivity contribution is 7.89. The fourth-order valence-electron chi connectivity index (χ4n) is 3.94.